The number of halogens is 1. The van der Waals surface area contributed by atoms with Crippen molar-refractivity contribution in [3.63, 3.8) is 0 Å². The molecule has 1 aliphatic rings. The molecule has 0 unspecified atom stereocenters. The fourth-order valence-electron chi connectivity index (χ4n) is 3.54. The van der Waals surface area contributed by atoms with Gasteiger partial charge in [0.05, 0.1) is 17.4 Å². The number of hydrogen-bond acceptors (Lipinski definition) is 5. The van der Waals surface area contributed by atoms with Gasteiger partial charge in [-0.3, -0.25) is 25.2 Å². The fraction of sp³-hybridized carbons (Fsp3) is 0.167. The summed E-state index contributed by atoms with van der Waals surface area (Å²) in [6.45, 7) is 0. The summed E-state index contributed by atoms with van der Waals surface area (Å²) in [5.74, 6) is -0.406. The molecule has 4 rings (SSSR count). The van der Waals surface area contributed by atoms with Crippen LogP contribution in [-0.2, 0) is 20.2 Å². The fourth-order valence-corrected chi connectivity index (χ4v) is 4.84. The van der Waals surface area contributed by atoms with Crippen molar-refractivity contribution >= 4 is 39.1 Å². The van der Waals surface area contributed by atoms with Gasteiger partial charge in [0.15, 0.2) is 0 Å². The monoisotopic (exact) mass is 499 g/mol. The van der Waals surface area contributed by atoms with E-state index in [9.17, 15) is 18.0 Å². The second kappa shape index (κ2) is 9.36. The van der Waals surface area contributed by atoms with E-state index in [0.29, 0.717) is 29.3 Å². The SMILES string of the molecule is COc1ccc(NS(=O)(=O)c2cccc(C(=O)NNC(=O)C3(c4cccc(Cl)c4)CC3)c2)cc1. The summed E-state index contributed by atoms with van der Waals surface area (Å²) in [5.41, 5.74) is 5.29. The Morgan fingerprint density at radius 2 is 1.65 bits per heavy atom. The number of sulfonamides is 1. The standard InChI is InChI=1S/C24H22ClN3O5S/c1-33-20-10-8-19(9-11-20)28-34(31,32)21-7-2-4-16(14-21)22(29)26-27-23(30)24(12-13-24)17-5-3-6-18(25)15-17/h2-11,14-15,28H,12-13H2,1H3,(H,26,29)(H,27,30). The summed E-state index contributed by atoms with van der Waals surface area (Å²) in [4.78, 5) is 25.3. The lowest BCUT2D eigenvalue weighted by Gasteiger charge is -2.16. The van der Waals surface area contributed by atoms with Gasteiger partial charge < -0.3 is 4.74 Å². The van der Waals surface area contributed by atoms with Crippen molar-refractivity contribution in [2.75, 3.05) is 11.8 Å². The molecule has 0 aromatic heterocycles. The maximum atomic E-state index is 12.8. The van der Waals surface area contributed by atoms with Gasteiger partial charge in [-0.1, -0.05) is 29.8 Å². The predicted octanol–water partition coefficient (Wildman–Crippen LogP) is 3.64. The highest BCUT2D eigenvalue weighted by Crippen LogP contribution is 2.48. The molecule has 0 aliphatic heterocycles. The van der Waals surface area contributed by atoms with Crippen LogP contribution in [0.2, 0.25) is 5.02 Å². The van der Waals surface area contributed by atoms with Crippen molar-refractivity contribution in [1.82, 2.24) is 10.9 Å². The Hall–Kier alpha value is -3.56. The number of hydrazine groups is 1. The number of carbonyl (C=O) groups excluding carboxylic acids is 2. The first-order valence-corrected chi connectivity index (χ1v) is 12.2. The van der Waals surface area contributed by atoms with E-state index in [1.807, 2.05) is 6.07 Å². The Labute approximate surface area is 202 Å². The first-order valence-electron chi connectivity index (χ1n) is 10.4. The van der Waals surface area contributed by atoms with Crippen LogP contribution in [0.3, 0.4) is 0 Å². The number of hydrogen-bond donors (Lipinski definition) is 3. The second-order valence-corrected chi connectivity index (χ2v) is 9.98. The largest absolute Gasteiger partial charge is 0.497 e. The number of nitrogens with one attached hydrogen (secondary N) is 3. The summed E-state index contributed by atoms with van der Waals surface area (Å²) in [6, 6.07) is 19.0. The van der Waals surface area contributed by atoms with Crippen LogP contribution in [0.4, 0.5) is 5.69 Å². The number of carbonyl (C=O) groups is 2. The van der Waals surface area contributed by atoms with E-state index < -0.39 is 21.3 Å². The van der Waals surface area contributed by atoms with E-state index in [4.69, 9.17) is 16.3 Å². The van der Waals surface area contributed by atoms with Crippen LogP contribution < -0.4 is 20.3 Å². The molecule has 0 heterocycles. The topological polar surface area (TPSA) is 114 Å². The van der Waals surface area contributed by atoms with Crippen LogP contribution in [-0.4, -0.2) is 27.3 Å². The van der Waals surface area contributed by atoms with Gasteiger partial charge in [-0.15, -0.1) is 0 Å². The average molecular weight is 500 g/mol. The van der Waals surface area contributed by atoms with Gasteiger partial charge in [0, 0.05) is 16.3 Å². The minimum atomic E-state index is -3.94. The van der Waals surface area contributed by atoms with E-state index in [2.05, 4.69) is 15.6 Å². The van der Waals surface area contributed by atoms with Crippen LogP contribution in [0.5, 0.6) is 5.75 Å². The summed E-state index contributed by atoms with van der Waals surface area (Å²) in [6.07, 6.45) is 1.28. The average Bonchev–Trinajstić information content (AvgIpc) is 3.65. The molecular weight excluding hydrogens is 478 g/mol. The normalized spacial score (nSPS) is 14.1. The molecule has 0 spiro atoms. The van der Waals surface area contributed by atoms with Crippen molar-refractivity contribution in [1.29, 1.82) is 0 Å². The maximum Gasteiger partial charge on any atom is 0.269 e. The molecule has 8 nitrogen and oxygen atoms in total. The predicted molar refractivity (Wildman–Crippen MR) is 128 cm³/mol. The minimum Gasteiger partial charge on any atom is -0.497 e. The van der Waals surface area contributed by atoms with Gasteiger partial charge >= 0.3 is 0 Å². The van der Waals surface area contributed by atoms with E-state index in [1.165, 1.54) is 31.4 Å². The summed E-state index contributed by atoms with van der Waals surface area (Å²) < 4.78 is 33.1. The first kappa shape index (κ1) is 23.6. The van der Waals surface area contributed by atoms with E-state index >= 15 is 0 Å². The molecule has 1 aliphatic carbocycles. The van der Waals surface area contributed by atoms with Gasteiger partial charge in [0.25, 0.3) is 15.9 Å². The summed E-state index contributed by atoms with van der Waals surface area (Å²) in [5, 5.41) is 0.530. The lowest BCUT2D eigenvalue weighted by molar-refractivity contribution is -0.124. The Kier molecular flexibility index (Phi) is 6.49. The van der Waals surface area contributed by atoms with E-state index in [1.54, 1.807) is 42.5 Å². The lowest BCUT2D eigenvalue weighted by Crippen LogP contribution is -2.46. The summed E-state index contributed by atoms with van der Waals surface area (Å²) in [7, 11) is -2.43. The number of benzene rings is 3. The minimum absolute atomic E-state index is 0.0745. The van der Waals surface area contributed by atoms with Gasteiger partial charge in [-0.25, -0.2) is 8.42 Å². The Morgan fingerprint density at radius 1 is 0.941 bits per heavy atom. The van der Waals surface area contributed by atoms with Crippen molar-refractivity contribution in [2.24, 2.45) is 0 Å². The highest BCUT2D eigenvalue weighted by Gasteiger charge is 2.51. The Bertz CT molecular complexity index is 1340. The number of rotatable bonds is 7. The molecule has 34 heavy (non-hydrogen) atoms. The van der Waals surface area contributed by atoms with Crippen molar-refractivity contribution in [2.45, 2.75) is 23.2 Å². The molecule has 1 saturated carbocycles. The smallest absolute Gasteiger partial charge is 0.269 e. The molecule has 3 aromatic carbocycles. The van der Waals surface area contributed by atoms with Crippen molar-refractivity contribution in [3.05, 3.63) is 88.9 Å². The van der Waals surface area contributed by atoms with Crippen LogP contribution in [0.25, 0.3) is 0 Å². The highest BCUT2D eigenvalue weighted by molar-refractivity contribution is 7.92. The number of amides is 2. The third kappa shape index (κ3) is 5.00. The van der Waals surface area contributed by atoms with Crippen molar-refractivity contribution < 1.29 is 22.7 Å². The van der Waals surface area contributed by atoms with Crippen molar-refractivity contribution in [3.8, 4) is 5.75 Å². The van der Waals surface area contributed by atoms with Gasteiger partial charge in [-0.05, 0) is 73.0 Å². The number of ether oxygens (including phenoxy) is 1. The number of anilines is 1. The first-order chi connectivity index (χ1) is 16.2. The molecule has 0 atom stereocenters. The molecule has 0 radical (unpaired) electrons. The van der Waals surface area contributed by atoms with Crippen LogP contribution in [0.15, 0.2) is 77.7 Å². The molecule has 0 bridgehead atoms. The molecular formula is C24H22ClN3O5S. The lowest BCUT2D eigenvalue weighted by atomic mass is 9.95. The molecule has 2 amide bonds. The third-order valence-electron chi connectivity index (χ3n) is 5.60. The van der Waals surface area contributed by atoms with Crippen LogP contribution in [0, 0.1) is 0 Å². The Morgan fingerprint density at radius 3 is 2.29 bits per heavy atom. The molecule has 176 valence electrons. The summed E-state index contributed by atoms with van der Waals surface area (Å²) >= 11 is 6.05. The van der Waals surface area contributed by atoms with Gasteiger partial charge in [0.2, 0.25) is 5.91 Å². The maximum absolute atomic E-state index is 12.8. The Balaban J connectivity index is 1.43. The van der Waals surface area contributed by atoms with E-state index in [0.717, 1.165) is 5.56 Å². The second-order valence-electron chi connectivity index (χ2n) is 7.86. The molecule has 3 aromatic rings. The van der Waals surface area contributed by atoms with Gasteiger partial charge in [-0.2, -0.15) is 0 Å². The molecule has 1 fully saturated rings. The third-order valence-corrected chi connectivity index (χ3v) is 7.21. The number of methoxy groups -OCH3 is 1. The zero-order valence-electron chi connectivity index (χ0n) is 18.2. The molecule has 3 N–H and O–H groups in total. The van der Waals surface area contributed by atoms with Gasteiger partial charge in [0.1, 0.15) is 5.75 Å². The molecule has 10 heteroatoms. The highest BCUT2D eigenvalue weighted by atomic mass is 35.5. The van der Waals surface area contributed by atoms with E-state index in [-0.39, 0.29) is 16.4 Å². The van der Waals surface area contributed by atoms with Crippen LogP contribution >= 0.6 is 11.6 Å². The quantitative estimate of drug-likeness (QED) is 0.429. The zero-order chi connectivity index (χ0) is 24.3. The molecule has 0 saturated heterocycles. The van der Waals surface area contributed by atoms with Crippen LogP contribution in [0.1, 0.15) is 28.8 Å². The zero-order valence-corrected chi connectivity index (χ0v) is 19.7.